The molecule has 2 N–H and O–H groups in total. The smallest absolute Gasteiger partial charge is 0.0140 e. The summed E-state index contributed by atoms with van der Waals surface area (Å²) in [4.78, 5) is 0. The summed E-state index contributed by atoms with van der Waals surface area (Å²) in [6.45, 7) is 5.91. The summed E-state index contributed by atoms with van der Waals surface area (Å²) in [6, 6.07) is 11.5. The second-order valence-electron chi connectivity index (χ2n) is 6.53. The second kappa shape index (κ2) is 7.24. The predicted octanol–water partition coefficient (Wildman–Crippen LogP) is 3.46. The van der Waals surface area contributed by atoms with Gasteiger partial charge in [0, 0.05) is 6.04 Å². The van der Waals surface area contributed by atoms with E-state index < -0.39 is 0 Å². The molecule has 0 aromatic heterocycles. The number of rotatable bonds is 6. The van der Waals surface area contributed by atoms with E-state index in [4.69, 9.17) is 0 Å². The lowest BCUT2D eigenvalue weighted by Gasteiger charge is -2.23. The molecule has 114 valence electrons. The van der Waals surface area contributed by atoms with E-state index in [1.807, 2.05) is 0 Å². The van der Waals surface area contributed by atoms with Gasteiger partial charge in [0.15, 0.2) is 0 Å². The van der Waals surface area contributed by atoms with Crippen LogP contribution in [-0.4, -0.2) is 25.7 Å². The van der Waals surface area contributed by atoms with Crippen LogP contribution in [0, 0.1) is 11.8 Å². The Bertz CT molecular complexity index is 460. The van der Waals surface area contributed by atoms with E-state index in [0.29, 0.717) is 0 Å². The van der Waals surface area contributed by atoms with Crippen molar-refractivity contribution in [3.05, 3.63) is 41.5 Å². The van der Waals surface area contributed by atoms with Crippen LogP contribution in [0.4, 0.5) is 0 Å². The molecule has 2 aliphatic rings. The summed E-state index contributed by atoms with van der Waals surface area (Å²) in [7, 11) is 0. The van der Waals surface area contributed by atoms with Gasteiger partial charge in [-0.15, -0.1) is 0 Å². The molecule has 1 aromatic rings. The molecular weight excluding hydrogens is 256 g/mol. The first-order chi connectivity index (χ1) is 10.4. The minimum absolute atomic E-state index is 0.731. The molecule has 0 bridgehead atoms. The summed E-state index contributed by atoms with van der Waals surface area (Å²) in [6.07, 6.45) is 7.58. The van der Waals surface area contributed by atoms with Crippen LogP contribution in [0.1, 0.15) is 38.2 Å². The van der Waals surface area contributed by atoms with Gasteiger partial charge in [0.1, 0.15) is 0 Å². The van der Waals surface area contributed by atoms with Crippen molar-refractivity contribution in [1.82, 2.24) is 10.6 Å². The third kappa shape index (κ3) is 4.18. The van der Waals surface area contributed by atoms with Gasteiger partial charge in [-0.25, -0.2) is 0 Å². The van der Waals surface area contributed by atoms with Crippen LogP contribution in [-0.2, 0) is 0 Å². The Morgan fingerprint density at radius 3 is 2.71 bits per heavy atom. The Kier molecular flexibility index (Phi) is 5.10. The van der Waals surface area contributed by atoms with Crippen molar-refractivity contribution in [2.45, 2.75) is 38.6 Å². The first kappa shape index (κ1) is 14.8. The summed E-state index contributed by atoms with van der Waals surface area (Å²) in [5, 5.41) is 7.25. The molecule has 0 radical (unpaired) electrons. The molecule has 1 heterocycles. The van der Waals surface area contributed by atoms with E-state index in [2.05, 4.69) is 54.0 Å². The average molecular weight is 284 g/mol. The minimum atomic E-state index is 0.731. The summed E-state index contributed by atoms with van der Waals surface area (Å²) in [5.74, 6) is 1.66. The highest BCUT2D eigenvalue weighted by atomic mass is 15.0. The zero-order valence-electron chi connectivity index (χ0n) is 13.1. The van der Waals surface area contributed by atoms with Gasteiger partial charge in [-0.3, -0.25) is 0 Å². The van der Waals surface area contributed by atoms with Crippen molar-refractivity contribution in [2.75, 3.05) is 19.6 Å². The molecule has 0 spiro atoms. The van der Waals surface area contributed by atoms with Gasteiger partial charge in [0.05, 0.1) is 0 Å². The molecule has 2 nitrogen and oxygen atoms in total. The maximum Gasteiger partial charge on any atom is 0.0140 e. The van der Waals surface area contributed by atoms with Gasteiger partial charge in [-0.2, -0.15) is 0 Å². The lowest BCUT2D eigenvalue weighted by atomic mass is 9.98. The van der Waals surface area contributed by atoms with Crippen molar-refractivity contribution in [3.8, 4) is 0 Å². The lowest BCUT2D eigenvalue weighted by Crippen LogP contribution is -2.34. The molecule has 1 aliphatic heterocycles. The maximum absolute atomic E-state index is 3.81. The average Bonchev–Trinajstić information content (AvgIpc) is 3.32. The van der Waals surface area contributed by atoms with E-state index in [1.165, 1.54) is 50.9 Å². The van der Waals surface area contributed by atoms with Gasteiger partial charge < -0.3 is 10.6 Å². The Morgan fingerprint density at radius 1 is 1.24 bits per heavy atom. The Labute approximate surface area is 129 Å². The molecule has 2 atom stereocenters. The third-order valence-electron chi connectivity index (χ3n) is 4.95. The molecule has 1 aromatic carbocycles. The van der Waals surface area contributed by atoms with Crippen LogP contribution >= 0.6 is 0 Å². The predicted molar refractivity (Wildman–Crippen MR) is 90.2 cm³/mol. The highest BCUT2D eigenvalue weighted by Crippen LogP contribution is 2.39. The van der Waals surface area contributed by atoms with E-state index in [9.17, 15) is 0 Å². The molecule has 0 unspecified atom stereocenters. The van der Waals surface area contributed by atoms with Crippen LogP contribution < -0.4 is 10.6 Å². The van der Waals surface area contributed by atoms with Gasteiger partial charge >= 0.3 is 0 Å². The van der Waals surface area contributed by atoms with Crippen LogP contribution in [0.25, 0.3) is 6.08 Å². The van der Waals surface area contributed by atoms with E-state index in [1.54, 1.807) is 5.57 Å². The number of hydrogen-bond acceptors (Lipinski definition) is 2. The Morgan fingerprint density at radius 2 is 2.00 bits per heavy atom. The second-order valence-corrected chi connectivity index (χ2v) is 6.53. The highest BCUT2D eigenvalue weighted by Gasteiger charge is 2.38. The number of hydrogen-bond donors (Lipinski definition) is 2. The largest absolute Gasteiger partial charge is 0.317 e. The number of nitrogens with one attached hydrogen (secondary N) is 2. The molecule has 2 fully saturated rings. The third-order valence-corrected chi connectivity index (χ3v) is 4.95. The molecule has 1 saturated heterocycles. The molecule has 21 heavy (non-hydrogen) atoms. The Balaban J connectivity index is 1.49. The lowest BCUT2D eigenvalue weighted by molar-refractivity contribution is 0.354. The minimum Gasteiger partial charge on any atom is -0.317 e. The fourth-order valence-corrected chi connectivity index (χ4v) is 3.47. The van der Waals surface area contributed by atoms with Crippen LogP contribution in [0.3, 0.4) is 0 Å². The first-order valence-corrected chi connectivity index (χ1v) is 8.56. The van der Waals surface area contributed by atoms with Gasteiger partial charge in [0.25, 0.3) is 0 Å². The number of benzene rings is 1. The normalized spacial score (nSPS) is 26.8. The fourth-order valence-electron chi connectivity index (χ4n) is 3.47. The molecule has 3 rings (SSSR count). The highest BCUT2D eigenvalue weighted by molar-refractivity contribution is 5.54. The van der Waals surface area contributed by atoms with E-state index in [-0.39, 0.29) is 0 Å². The van der Waals surface area contributed by atoms with Crippen molar-refractivity contribution >= 4 is 6.08 Å². The van der Waals surface area contributed by atoms with Crippen molar-refractivity contribution in [1.29, 1.82) is 0 Å². The molecular formula is C19H28N2. The van der Waals surface area contributed by atoms with Gasteiger partial charge in [-0.05, 0) is 62.7 Å². The summed E-state index contributed by atoms with van der Waals surface area (Å²) in [5.41, 5.74) is 2.96. The van der Waals surface area contributed by atoms with Crippen LogP contribution in [0.15, 0.2) is 35.9 Å². The zero-order chi connectivity index (χ0) is 14.5. The SMILES string of the molecule is CCC(=Cc1ccccc1)[C@@H]1C[C@H]1NCC1CCNCC1. The molecule has 0 amide bonds. The molecule has 1 aliphatic carbocycles. The van der Waals surface area contributed by atoms with Crippen LogP contribution in [0.2, 0.25) is 0 Å². The summed E-state index contributed by atoms with van der Waals surface area (Å²) >= 11 is 0. The maximum atomic E-state index is 3.81. The zero-order valence-corrected chi connectivity index (χ0v) is 13.1. The summed E-state index contributed by atoms with van der Waals surface area (Å²) < 4.78 is 0. The van der Waals surface area contributed by atoms with E-state index >= 15 is 0 Å². The standard InChI is InChI=1S/C19H28N2/c1-2-17(12-15-6-4-3-5-7-15)18-13-19(18)21-14-16-8-10-20-11-9-16/h3-7,12,16,18-21H,2,8-11,13-14H2,1H3/t18-,19+/m0/s1. The first-order valence-electron chi connectivity index (χ1n) is 8.56. The quantitative estimate of drug-likeness (QED) is 0.836. The molecule has 2 heteroatoms. The Hall–Kier alpha value is -1.12. The van der Waals surface area contributed by atoms with Crippen molar-refractivity contribution < 1.29 is 0 Å². The number of piperidine rings is 1. The van der Waals surface area contributed by atoms with Crippen molar-refractivity contribution in [2.24, 2.45) is 11.8 Å². The fraction of sp³-hybridized carbons (Fsp3) is 0.579. The van der Waals surface area contributed by atoms with Crippen molar-refractivity contribution in [3.63, 3.8) is 0 Å². The van der Waals surface area contributed by atoms with Gasteiger partial charge in [0.2, 0.25) is 0 Å². The van der Waals surface area contributed by atoms with E-state index in [0.717, 1.165) is 17.9 Å². The topological polar surface area (TPSA) is 24.1 Å². The van der Waals surface area contributed by atoms with Crippen LogP contribution in [0.5, 0.6) is 0 Å². The monoisotopic (exact) mass is 284 g/mol. The van der Waals surface area contributed by atoms with Gasteiger partial charge in [-0.1, -0.05) is 48.9 Å². The molecule has 1 saturated carbocycles.